The SMILES string of the molecule is C=CCCC/C=C/C/C=C/CCC/C=C/CC(C#N)C(=O)OC. The average Bonchev–Trinajstić information content (AvgIpc) is 2.58. The molecule has 0 rings (SSSR count). The van der Waals surface area contributed by atoms with Gasteiger partial charge in [-0.05, 0) is 51.4 Å². The van der Waals surface area contributed by atoms with Gasteiger partial charge in [0.2, 0.25) is 0 Å². The molecule has 0 heterocycles. The Kier molecular flexibility index (Phi) is 14.8. The molecule has 3 nitrogen and oxygen atoms in total. The van der Waals surface area contributed by atoms with Crippen molar-refractivity contribution in [1.29, 1.82) is 5.26 Å². The van der Waals surface area contributed by atoms with Gasteiger partial charge in [0, 0.05) is 0 Å². The van der Waals surface area contributed by atoms with Crippen LogP contribution in [0.5, 0.6) is 0 Å². The number of unbranched alkanes of at least 4 members (excludes halogenated alkanes) is 4. The number of ether oxygens (including phenoxy) is 1. The molecule has 0 saturated heterocycles. The van der Waals surface area contributed by atoms with E-state index in [9.17, 15) is 4.79 Å². The smallest absolute Gasteiger partial charge is 0.323 e. The first-order chi connectivity index (χ1) is 11.3. The van der Waals surface area contributed by atoms with E-state index in [0.29, 0.717) is 6.42 Å². The molecule has 126 valence electrons. The van der Waals surface area contributed by atoms with Crippen LogP contribution in [0.15, 0.2) is 49.1 Å². The lowest BCUT2D eigenvalue weighted by Crippen LogP contribution is -2.13. The van der Waals surface area contributed by atoms with Crippen molar-refractivity contribution >= 4 is 5.97 Å². The summed E-state index contributed by atoms with van der Waals surface area (Å²) >= 11 is 0. The van der Waals surface area contributed by atoms with Gasteiger partial charge in [0.05, 0.1) is 13.2 Å². The van der Waals surface area contributed by atoms with Gasteiger partial charge in [-0.1, -0.05) is 42.5 Å². The molecule has 0 aromatic rings. The second-order valence-corrected chi connectivity index (χ2v) is 5.24. The summed E-state index contributed by atoms with van der Waals surface area (Å²) in [5.41, 5.74) is 0. The summed E-state index contributed by atoms with van der Waals surface area (Å²) in [6.45, 7) is 3.70. The minimum Gasteiger partial charge on any atom is -0.468 e. The van der Waals surface area contributed by atoms with Gasteiger partial charge in [-0.3, -0.25) is 4.79 Å². The van der Waals surface area contributed by atoms with Crippen molar-refractivity contribution in [3.05, 3.63) is 49.1 Å². The maximum atomic E-state index is 11.2. The maximum absolute atomic E-state index is 11.2. The fourth-order valence-electron chi connectivity index (χ4n) is 1.93. The molecule has 0 aliphatic carbocycles. The van der Waals surface area contributed by atoms with E-state index in [0.717, 1.165) is 38.5 Å². The van der Waals surface area contributed by atoms with Crippen LogP contribution in [0.4, 0.5) is 0 Å². The van der Waals surface area contributed by atoms with Gasteiger partial charge < -0.3 is 4.74 Å². The topological polar surface area (TPSA) is 50.1 Å². The lowest BCUT2D eigenvalue weighted by atomic mass is 10.1. The number of rotatable bonds is 13. The van der Waals surface area contributed by atoms with E-state index in [-0.39, 0.29) is 0 Å². The van der Waals surface area contributed by atoms with Gasteiger partial charge >= 0.3 is 5.97 Å². The summed E-state index contributed by atoms with van der Waals surface area (Å²) in [7, 11) is 1.30. The molecule has 0 spiro atoms. The number of esters is 1. The Hall–Kier alpha value is -2.08. The van der Waals surface area contributed by atoms with Gasteiger partial charge in [0.1, 0.15) is 5.92 Å². The standard InChI is InChI=1S/C20H29NO2/c1-3-4-5-6-7-8-9-10-11-12-13-14-15-16-17-19(18-21)20(22)23-2/h3,7-8,10-11,15-16,19H,1,4-6,9,12-14,17H2,2H3/b8-7+,11-10+,16-15+. The maximum Gasteiger partial charge on any atom is 0.323 e. The van der Waals surface area contributed by atoms with Gasteiger partial charge in [-0.2, -0.15) is 5.26 Å². The molecular weight excluding hydrogens is 286 g/mol. The van der Waals surface area contributed by atoms with Crippen molar-refractivity contribution in [2.75, 3.05) is 7.11 Å². The molecule has 0 bridgehead atoms. The fourth-order valence-corrected chi connectivity index (χ4v) is 1.93. The Bertz CT molecular complexity index is 441. The third-order valence-corrected chi connectivity index (χ3v) is 3.31. The second kappa shape index (κ2) is 16.3. The lowest BCUT2D eigenvalue weighted by Gasteiger charge is -2.02. The van der Waals surface area contributed by atoms with Crippen LogP contribution in [0.25, 0.3) is 0 Å². The van der Waals surface area contributed by atoms with Crippen LogP contribution in [0.2, 0.25) is 0 Å². The molecule has 23 heavy (non-hydrogen) atoms. The molecule has 0 radical (unpaired) electrons. The Balaban J connectivity index is 3.59. The highest BCUT2D eigenvalue weighted by molar-refractivity contribution is 5.75. The second-order valence-electron chi connectivity index (χ2n) is 5.24. The van der Waals surface area contributed by atoms with Gasteiger partial charge in [0.15, 0.2) is 0 Å². The van der Waals surface area contributed by atoms with E-state index in [1.807, 2.05) is 24.3 Å². The normalized spacial score (nSPS) is 12.7. The van der Waals surface area contributed by atoms with E-state index < -0.39 is 11.9 Å². The van der Waals surface area contributed by atoms with Crippen molar-refractivity contribution in [2.24, 2.45) is 5.92 Å². The Morgan fingerprint density at radius 2 is 1.61 bits per heavy atom. The number of nitriles is 1. The highest BCUT2D eigenvalue weighted by Crippen LogP contribution is 2.07. The van der Waals surface area contributed by atoms with E-state index in [1.54, 1.807) is 0 Å². The third kappa shape index (κ3) is 13.3. The molecule has 1 atom stereocenters. The third-order valence-electron chi connectivity index (χ3n) is 3.31. The minimum absolute atomic E-state index is 0.426. The highest BCUT2D eigenvalue weighted by Gasteiger charge is 2.15. The molecular formula is C20H29NO2. The van der Waals surface area contributed by atoms with Crippen molar-refractivity contribution in [3.63, 3.8) is 0 Å². The zero-order valence-electron chi connectivity index (χ0n) is 14.2. The van der Waals surface area contributed by atoms with Crippen LogP contribution in [0.1, 0.15) is 51.4 Å². The van der Waals surface area contributed by atoms with Crippen LogP contribution < -0.4 is 0 Å². The number of allylic oxidation sites excluding steroid dienone is 7. The number of carbonyl (C=O) groups excluding carboxylic acids is 1. The predicted octanol–water partition coefficient (Wildman–Crippen LogP) is 5.27. The molecule has 3 heteroatoms. The van der Waals surface area contributed by atoms with Gasteiger partial charge in [-0.25, -0.2) is 0 Å². The molecule has 0 amide bonds. The molecule has 0 aromatic heterocycles. The molecule has 0 N–H and O–H groups in total. The first-order valence-corrected chi connectivity index (χ1v) is 8.29. The van der Waals surface area contributed by atoms with E-state index >= 15 is 0 Å². The summed E-state index contributed by atoms with van der Waals surface area (Å²) in [6.07, 6.45) is 22.6. The Morgan fingerprint density at radius 3 is 2.13 bits per heavy atom. The average molecular weight is 315 g/mol. The van der Waals surface area contributed by atoms with E-state index in [2.05, 4.69) is 35.6 Å². The summed E-state index contributed by atoms with van der Waals surface area (Å²) in [5, 5.41) is 8.83. The molecule has 0 aromatic carbocycles. The zero-order valence-corrected chi connectivity index (χ0v) is 14.2. The molecule has 0 aliphatic rings. The first-order valence-electron chi connectivity index (χ1n) is 8.29. The van der Waals surface area contributed by atoms with Crippen molar-refractivity contribution in [1.82, 2.24) is 0 Å². The Labute approximate surface area is 141 Å². The monoisotopic (exact) mass is 315 g/mol. The highest BCUT2D eigenvalue weighted by atomic mass is 16.5. The largest absolute Gasteiger partial charge is 0.468 e. The van der Waals surface area contributed by atoms with Crippen molar-refractivity contribution in [3.8, 4) is 6.07 Å². The lowest BCUT2D eigenvalue weighted by molar-refractivity contribution is -0.143. The molecule has 0 saturated carbocycles. The van der Waals surface area contributed by atoms with E-state index in [1.165, 1.54) is 13.5 Å². The first kappa shape index (κ1) is 20.9. The van der Waals surface area contributed by atoms with Crippen LogP contribution in [0, 0.1) is 17.2 Å². The summed E-state index contributed by atoms with van der Waals surface area (Å²) in [5.74, 6) is -1.15. The number of nitrogens with zero attached hydrogens (tertiary/aromatic N) is 1. The Morgan fingerprint density at radius 1 is 1.04 bits per heavy atom. The quantitative estimate of drug-likeness (QED) is 0.264. The zero-order chi connectivity index (χ0) is 17.2. The predicted molar refractivity (Wildman–Crippen MR) is 95.7 cm³/mol. The number of hydrogen-bond acceptors (Lipinski definition) is 3. The fraction of sp³-hybridized carbons (Fsp3) is 0.500. The van der Waals surface area contributed by atoms with Crippen LogP contribution in [0.3, 0.4) is 0 Å². The van der Waals surface area contributed by atoms with Gasteiger partial charge in [-0.15, -0.1) is 6.58 Å². The number of carbonyl (C=O) groups is 1. The van der Waals surface area contributed by atoms with Crippen LogP contribution >= 0.6 is 0 Å². The molecule has 1 unspecified atom stereocenters. The molecule has 0 aliphatic heterocycles. The van der Waals surface area contributed by atoms with Crippen molar-refractivity contribution in [2.45, 2.75) is 51.4 Å². The number of hydrogen-bond donors (Lipinski definition) is 0. The van der Waals surface area contributed by atoms with Crippen LogP contribution in [-0.4, -0.2) is 13.1 Å². The number of methoxy groups -OCH3 is 1. The van der Waals surface area contributed by atoms with E-state index in [4.69, 9.17) is 5.26 Å². The van der Waals surface area contributed by atoms with Gasteiger partial charge in [0.25, 0.3) is 0 Å². The van der Waals surface area contributed by atoms with Crippen molar-refractivity contribution < 1.29 is 9.53 Å². The van der Waals surface area contributed by atoms with Crippen LogP contribution in [-0.2, 0) is 9.53 Å². The summed E-state index contributed by atoms with van der Waals surface area (Å²) < 4.78 is 4.56. The summed E-state index contributed by atoms with van der Waals surface area (Å²) in [6, 6.07) is 1.95. The molecule has 0 fully saturated rings. The summed E-state index contributed by atoms with van der Waals surface area (Å²) in [4.78, 5) is 11.2. The minimum atomic E-state index is -0.686.